The van der Waals surface area contributed by atoms with Gasteiger partial charge in [-0.2, -0.15) is 0 Å². The van der Waals surface area contributed by atoms with E-state index in [1.807, 2.05) is 31.2 Å². The van der Waals surface area contributed by atoms with Crippen LogP contribution in [0.3, 0.4) is 0 Å². The molecule has 1 aromatic heterocycles. The number of hydrogen-bond acceptors (Lipinski definition) is 3. The molecule has 0 bridgehead atoms. The van der Waals surface area contributed by atoms with Gasteiger partial charge in [0.05, 0.1) is 17.7 Å². The van der Waals surface area contributed by atoms with Gasteiger partial charge in [-0.05, 0) is 72.9 Å². The summed E-state index contributed by atoms with van der Waals surface area (Å²) in [5.74, 6) is -0.307. The minimum absolute atomic E-state index is 0.307. The monoisotopic (exact) mass is 458 g/mol. The van der Waals surface area contributed by atoms with E-state index in [2.05, 4.69) is 46.3 Å². The Morgan fingerprint density at radius 3 is 2.52 bits per heavy atom. The van der Waals surface area contributed by atoms with Gasteiger partial charge in [-0.1, -0.05) is 35.9 Å². The summed E-state index contributed by atoms with van der Waals surface area (Å²) in [4.78, 5) is 18.0. The lowest BCUT2D eigenvalue weighted by Crippen LogP contribution is -2.17. The zero-order chi connectivity index (χ0) is 22.9. The van der Waals surface area contributed by atoms with Crippen molar-refractivity contribution >= 4 is 34.2 Å². The third-order valence-electron chi connectivity index (χ3n) is 6.52. The Kier molecular flexibility index (Phi) is 5.86. The number of rotatable bonds is 5. The molecule has 0 unspecified atom stereocenters. The molecule has 168 valence electrons. The van der Waals surface area contributed by atoms with Crippen molar-refractivity contribution in [2.24, 2.45) is 0 Å². The first kappa shape index (κ1) is 21.6. The van der Waals surface area contributed by atoms with E-state index in [1.165, 1.54) is 25.6 Å². The highest BCUT2D eigenvalue weighted by Gasteiger charge is 2.14. The molecule has 3 aromatic carbocycles. The molecule has 5 heteroatoms. The summed E-state index contributed by atoms with van der Waals surface area (Å²) in [6.07, 6.45) is 3.23. The third kappa shape index (κ3) is 4.36. The molecule has 0 radical (unpaired) electrons. The molecule has 4 nitrogen and oxygen atoms in total. The second-order valence-electron chi connectivity index (χ2n) is 8.77. The van der Waals surface area contributed by atoms with Crippen LogP contribution in [0.25, 0.3) is 22.0 Å². The smallest absolute Gasteiger partial charge is 0.338 e. The molecule has 4 aromatic rings. The van der Waals surface area contributed by atoms with Crippen molar-refractivity contribution < 1.29 is 9.53 Å². The number of ether oxygens (including phenoxy) is 1. The summed E-state index contributed by atoms with van der Waals surface area (Å²) in [6, 6.07) is 20.9. The number of aryl methyl sites for hydroxylation is 1. The lowest BCUT2D eigenvalue weighted by Gasteiger charge is -2.18. The van der Waals surface area contributed by atoms with Gasteiger partial charge >= 0.3 is 5.97 Å². The maximum absolute atomic E-state index is 12.0. The summed E-state index contributed by atoms with van der Waals surface area (Å²) < 4.78 is 4.91. The van der Waals surface area contributed by atoms with E-state index >= 15 is 0 Å². The largest absolute Gasteiger partial charge is 0.465 e. The molecule has 0 atom stereocenters. The van der Waals surface area contributed by atoms with E-state index in [0.29, 0.717) is 12.0 Å². The first-order valence-electron chi connectivity index (χ1n) is 11.4. The lowest BCUT2D eigenvalue weighted by molar-refractivity contribution is 0.0600. The van der Waals surface area contributed by atoms with Gasteiger partial charge in [0.25, 0.3) is 0 Å². The molecule has 5 rings (SSSR count). The van der Waals surface area contributed by atoms with E-state index in [9.17, 15) is 4.79 Å². The Hall–Kier alpha value is -3.24. The molecule has 1 aliphatic rings. The van der Waals surface area contributed by atoms with Crippen LogP contribution in [0.15, 0.2) is 60.7 Å². The Morgan fingerprint density at radius 2 is 1.79 bits per heavy atom. The lowest BCUT2D eigenvalue weighted by atomic mass is 10.0. The van der Waals surface area contributed by atoms with Crippen LogP contribution in [0.5, 0.6) is 0 Å². The summed E-state index contributed by atoms with van der Waals surface area (Å²) in [7, 11) is 1.41. The highest BCUT2D eigenvalue weighted by Crippen LogP contribution is 2.34. The van der Waals surface area contributed by atoms with Crippen LogP contribution in [0.4, 0.5) is 5.69 Å². The molecule has 2 heterocycles. The molecular weight excluding hydrogens is 432 g/mol. The molecule has 0 saturated carbocycles. The van der Waals surface area contributed by atoms with Gasteiger partial charge in [0.15, 0.2) is 0 Å². The Balaban J connectivity index is 1.42. The van der Waals surface area contributed by atoms with Gasteiger partial charge < -0.3 is 14.6 Å². The predicted molar refractivity (Wildman–Crippen MR) is 136 cm³/mol. The van der Waals surface area contributed by atoms with Crippen molar-refractivity contribution in [3.8, 4) is 11.1 Å². The van der Waals surface area contributed by atoms with E-state index < -0.39 is 0 Å². The fourth-order valence-electron chi connectivity index (χ4n) is 4.69. The molecular formula is C28H27ClN2O2. The number of halogens is 1. The van der Waals surface area contributed by atoms with Crippen LogP contribution in [-0.4, -0.2) is 31.2 Å². The van der Waals surface area contributed by atoms with Crippen LogP contribution in [-0.2, 0) is 11.2 Å². The fourth-order valence-corrected chi connectivity index (χ4v) is 4.96. The Morgan fingerprint density at radius 1 is 1.03 bits per heavy atom. The van der Waals surface area contributed by atoms with Crippen LogP contribution in [0, 0.1) is 6.92 Å². The summed E-state index contributed by atoms with van der Waals surface area (Å²) >= 11 is 6.68. The summed E-state index contributed by atoms with van der Waals surface area (Å²) in [5, 5.41) is 1.85. The molecule has 1 N–H and O–H groups in total. The highest BCUT2D eigenvalue weighted by molar-refractivity contribution is 6.34. The first-order chi connectivity index (χ1) is 16.0. The predicted octanol–water partition coefficient (Wildman–Crippen LogP) is 6.77. The zero-order valence-corrected chi connectivity index (χ0v) is 19.7. The second kappa shape index (κ2) is 8.95. The summed E-state index contributed by atoms with van der Waals surface area (Å²) in [5.41, 5.74) is 8.08. The van der Waals surface area contributed by atoms with Crippen molar-refractivity contribution in [3.05, 3.63) is 88.1 Å². The third-order valence-corrected chi connectivity index (χ3v) is 6.83. The number of nitrogens with zero attached hydrogens (tertiary/aromatic N) is 1. The average Bonchev–Trinajstić information content (AvgIpc) is 3.49. The quantitative estimate of drug-likeness (QED) is 0.335. The molecule has 0 aliphatic carbocycles. The number of anilines is 1. The number of nitrogens with one attached hydrogen (secondary N) is 1. The number of aromatic nitrogens is 1. The molecule has 1 saturated heterocycles. The van der Waals surface area contributed by atoms with E-state index in [0.717, 1.165) is 57.0 Å². The van der Waals surface area contributed by atoms with Gasteiger partial charge in [0.2, 0.25) is 0 Å². The summed E-state index contributed by atoms with van der Waals surface area (Å²) in [6.45, 7) is 4.20. The normalized spacial score (nSPS) is 13.6. The van der Waals surface area contributed by atoms with Crippen molar-refractivity contribution in [2.45, 2.75) is 26.2 Å². The number of esters is 1. The number of benzene rings is 3. The van der Waals surface area contributed by atoms with E-state index in [-0.39, 0.29) is 5.97 Å². The van der Waals surface area contributed by atoms with Gasteiger partial charge in [-0.15, -0.1) is 0 Å². The highest BCUT2D eigenvalue weighted by atomic mass is 35.5. The van der Waals surface area contributed by atoms with Crippen molar-refractivity contribution in [1.82, 2.24) is 4.98 Å². The Bertz CT molecular complexity index is 1320. The van der Waals surface area contributed by atoms with Crippen molar-refractivity contribution in [1.29, 1.82) is 0 Å². The standard InChI is InChI=1S/C28H27ClN2O2/c1-18-5-6-19(14-24(18)28(32)33-2)13-22-15-21-16-25(26(29)17-27(21)30-22)20-7-9-23(10-8-20)31-11-3-4-12-31/h5-10,14-17,30H,3-4,11-13H2,1-2H3. The number of carbonyl (C=O) groups excluding carboxylic acids is 1. The first-order valence-corrected chi connectivity index (χ1v) is 11.7. The number of fused-ring (bicyclic) bond motifs is 1. The number of hydrogen-bond donors (Lipinski definition) is 1. The SMILES string of the molecule is COC(=O)c1cc(Cc2cc3cc(-c4ccc(N5CCCC5)cc4)c(Cl)cc3[nH]2)ccc1C. The topological polar surface area (TPSA) is 45.3 Å². The molecule has 0 amide bonds. The average molecular weight is 459 g/mol. The van der Waals surface area contributed by atoms with Gasteiger partial charge in [-0.25, -0.2) is 4.79 Å². The fraction of sp³-hybridized carbons (Fsp3) is 0.250. The van der Waals surface area contributed by atoms with Crippen LogP contribution >= 0.6 is 11.6 Å². The minimum Gasteiger partial charge on any atom is -0.465 e. The zero-order valence-electron chi connectivity index (χ0n) is 19.0. The molecule has 33 heavy (non-hydrogen) atoms. The van der Waals surface area contributed by atoms with Crippen molar-refractivity contribution in [3.63, 3.8) is 0 Å². The molecule has 1 aliphatic heterocycles. The number of H-pyrrole nitrogens is 1. The molecule has 1 fully saturated rings. The maximum Gasteiger partial charge on any atom is 0.338 e. The van der Waals surface area contributed by atoms with Gasteiger partial charge in [-0.3, -0.25) is 0 Å². The number of carbonyl (C=O) groups is 1. The minimum atomic E-state index is -0.307. The van der Waals surface area contributed by atoms with E-state index in [4.69, 9.17) is 16.3 Å². The van der Waals surface area contributed by atoms with E-state index in [1.54, 1.807) is 0 Å². The second-order valence-corrected chi connectivity index (χ2v) is 9.18. The molecule has 0 spiro atoms. The van der Waals surface area contributed by atoms with Crippen molar-refractivity contribution in [2.75, 3.05) is 25.1 Å². The Labute approximate surface area is 199 Å². The van der Waals surface area contributed by atoms with Crippen LogP contribution in [0.1, 0.15) is 40.0 Å². The van der Waals surface area contributed by atoms with Gasteiger partial charge in [0, 0.05) is 47.4 Å². The van der Waals surface area contributed by atoms with Crippen LogP contribution in [0.2, 0.25) is 5.02 Å². The maximum atomic E-state index is 12.0. The number of methoxy groups -OCH3 is 1. The van der Waals surface area contributed by atoms with Crippen LogP contribution < -0.4 is 4.90 Å². The van der Waals surface area contributed by atoms with Gasteiger partial charge in [0.1, 0.15) is 0 Å². The number of aromatic amines is 1.